The number of rotatable bonds is 10. The molecule has 1 amide bonds. The molecular weight excluding hydrogens is 581 g/mol. The molecule has 0 radical (unpaired) electrons. The van der Waals surface area contributed by atoms with E-state index >= 15 is 0 Å². The van der Waals surface area contributed by atoms with Crippen LogP contribution in [0.25, 0.3) is 0 Å². The molecule has 1 saturated carbocycles. The maximum atomic E-state index is 14.7. The number of hydrogen-bond acceptors (Lipinski definition) is 4. The summed E-state index contributed by atoms with van der Waals surface area (Å²) in [5.74, 6) is -1.94. The van der Waals surface area contributed by atoms with Crippen molar-refractivity contribution in [2.24, 2.45) is 11.3 Å². The SMILES string of the molecule is CC[C@@]1(CC(=O)O)C[C@H](c2cccc(Cl)c2)[C@@H](c2ccc(Cl)cc2)N([C@H](CS(=O)(=O)c2ccccc2)C2CC2)C1=O. The number of hydrogen-bond donors (Lipinski definition) is 1. The van der Waals surface area contributed by atoms with Gasteiger partial charge < -0.3 is 10.0 Å². The zero-order chi connectivity index (χ0) is 29.4. The first-order chi connectivity index (χ1) is 19.5. The standard InChI is InChI=1S/C32H33Cl2NO5S/c1-2-32(19-29(36)37)18-27(23-7-6-8-25(34)17-23)30(22-13-15-24(33)16-14-22)35(31(32)38)28(21-11-12-21)20-41(39,40)26-9-4-3-5-10-26/h3-10,13-17,21,27-28,30H,2,11-12,18-20H2,1H3,(H,36,37)/t27-,28-,30-,32+/m1/s1. The fourth-order valence-corrected chi connectivity index (χ4v) is 8.36. The van der Waals surface area contributed by atoms with E-state index in [1.807, 2.05) is 37.3 Å². The normalized spacial score (nSPS) is 23.8. The summed E-state index contributed by atoms with van der Waals surface area (Å²) < 4.78 is 27.5. The average molecular weight is 615 g/mol. The lowest BCUT2D eigenvalue weighted by atomic mass is 9.65. The summed E-state index contributed by atoms with van der Waals surface area (Å²) in [5, 5.41) is 11.0. The number of carboxylic acids is 1. The monoisotopic (exact) mass is 613 g/mol. The van der Waals surface area contributed by atoms with Gasteiger partial charge >= 0.3 is 5.97 Å². The molecular formula is C32H33Cl2NO5S. The van der Waals surface area contributed by atoms with Crippen LogP contribution in [0.5, 0.6) is 0 Å². The van der Waals surface area contributed by atoms with E-state index in [0.717, 1.165) is 24.0 Å². The number of aliphatic carboxylic acids is 1. The molecule has 5 rings (SSSR count). The third-order valence-electron chi connectivity index (χ3n) is 8.65. The topological polar surface area (TPSA) is 91.8 Å². The minimum Gasteiger partial charge on any atom is -0.481 e. The highest BCUT2D eigenvalue weighted by atomic mass is 35.5. The number of piperidine rings is 1. The fourth-order valence-electron chi connectivity index (χ4n) is 6.39. The first-order valence-electron chi connectivity index (χ1n) is 13.9. The molecule has 0 unspecified atom stereocenters. The minimum atomic E-state index is -3.76. The second kappa shape index (κ2) is 11.8. The van der Waals surface area contributed by atoms with Gasteiger partial charge in [-0.05, 0) is 79.1 Å². The molecule has 0 aromatic heterocycles. The number of amides is 1. The predicted molar refractivity (Wildman–Crippen MR) is 160 cm³/mol. The summed E-state index contributed by atoms with van der Waals surface area (Å²) in [6.45, 7) is 1.84. The molecule has 0 bridgehead atoms. The molecule has 0 spiro atoms. The molecule has 1 aliphatic heterocycles. The van der Waals surface area contributed by atoms with Gasteiger partial charge in [0.25, 0.3) is 0 Å². The van der Waals surface area contributed by atoms with E-state index in [4.69, 9.17) is 23.2 Å². The highest BCUT2D eigenvalue weighted by molar-refractivity contribution is 7.91. The van der Waals surface area contributed by atoms with Gasteiger partial charge in [-0.15, -0.1) is 0 Å². The molecule has 3 aromatic carbocycles. The van der Waals surface area contributed by atoms with Crippen molar-refractivity contribution in [2.75, 3.05) is 5.75 Å². The van der Waals surface area contributed by atoms with Crippen LogP contribution in [0, 0.1) is 11.3 Å². The largest absolute Gasteiger partial charge is 0.481 e. The second-order valence-electron chi connectivity index (χ2n) is 11.3. The third-order valence-corrected chi connectivity index (χ3v) is 10.9. The van der Waals surface area contributed by atoms with Crippen molar-refractivity contribution in [1.29, 1.82) is 0 Å². The number of sulfone groups is 1. The highest BCUT2D eigenvalue weighted by Gasteiger charge is 2.56. The lowest BCUT2D eigenvalue weighted by Crippen LogP contribution is -2.58. The van der Waals surface area contributed by atoms with Gasteiger partial charge in [-0.1, -0.05) is 72.6 Å². The van der Waals surface area contributed by atoms with Crippen LogP contribution >= 0.6 is 23.2 Å². The van der Waals surface area contributed by atoms with Crippen molar-refractivity contribution in [1.82, 2.24) is 4.90 Å². The molecule has 3 aromatic rings. The van der Waals surface area contributed by atoms with E-state index < -0.39 is 33.3 Å². The number of carboxylic acid groups (broad SMARTS) is 1. The summed E-state index contributed by atoms with van der Waals surface area (Å²) in [7, 11) is -3.76. The van der Waals surface area contributed by atoms with Gasteiger partial charge in [-0.2, -0.15) is 0 Å². The van der Waals surface area contributed by atoms with Gasteiger partial charge in [0, 0.05) is 22.0 Å². The molecule has 4 atom stereocenters. The molecule has 41 heavy (non-hydrogen) atoms. The smallest absolute Gasteiger partial charge is 0.304 e. The van der Waals surface area contributed by atoms with Gasteiger partial charge in [0.05, 0.1) is 28.5 Å². The zero-order valence-electron chi connectivity index (χ0n) is 22.7. The Morgan fingerprint density at radius 3 is 2.24 bits per heavy atom. The van der Waals surface area contributed by atoms with Crippen molar-refractivity contribution < 1.29 is 23.1 Å². The number of halogens is 2. The summed E-state index contributed by atoms with van der Waals surface area (Å²) in [4.78, 5) is 28.9. The summed E-state index contributed by atoms with van der Waals surface area (Å²) >= 11 is 12.7. The van der Waals surface area contributed by atoms with Crippen molar-refractivity contribution in [3.05, 3.63) is 100 Å². The number of carbonyl (C=O) groups excluding carboxylic acids is 1. The summed E-state index contributed by atoms with van der Waals surface area (Å²) in [6, 6.07) is 21.8. The molecule has 2 fully saturated rings. The minimum absolute atomic E-state index is 0.00951. The van der Waals surface area contributed by atoms with E-state index in [0.29, 0.717) is 22.9 Å². The van der Waals surface area contributed by atoms with Gasteiger partial charge in [0.2, 0.25) is 5.91 Å². The lowest BCUT2D eigenvalue weighted by Gasteiger charge is -2.53. The van der Waals surface area contributed by atoms with E-state index in [-0.39, 0.29) is 34.8 Å². The number of benzene rings is 3. The molecule has 1 saturated heterocycles. The first-order valence-corrected chi connectivity index (χ1v) is 16.3. The van der Waals surface area contributed by atoms with E-state index in [1.54, 1.807) is 53.4 Å². The van der Waals surface area contributed by atoms with Crippen LogP contribution in [0.3, 0.4) is 0 Å². The number of carbonyl (C=O) groups is 2. The highest BCUT2D eigenvalue weighted by Crippen LogP contribution is 2.55. The van der Waals surface area contributed by atoms with Gasteiger partial charge in [-0.25, -0.2) is 8.42 Å². The number of likely N-dealkylation sites (tertiary alicyclic amines) is 1. The molecule has 2 aliphatic rings. The predicted octanol–water partition coefficient (Wildman–Crippen LogP) is 7.17. The van der Waals surface area contributed by atoms with Crippen LogP contribution in [-0.4, -0.2) is 42.1 Å². The Labute approximate surface area is 251 Å². The maximum Gasteiger partial charge on any atom is 0.304 e. The Balaban J connectivity index is 1.71. The van der Waals surface area contributed by atoms with E-state index in [1.165, 1.54) is 0 Å². The zero-order valence-corrected chi connectivity index (χ0v) is 25.1. The summed E-state index contributed by atoms with van der Waals surface area (Å²) in [5.41, 5.74) is 0.486. The lowest BCUT2D eigenvalue weighted by molar-refractivity contribution is -0.162. The quantitative estimate of drug-likeness (QED) is 0.261. The van der Waals surface area contributed by atoms with Crippen molar-refractivity contribution >= 4 is 44.9 Å². The van der Waals surface area contributed by atoms with Crippen LogP contribution in [0.2, 0.25) is 10.0 Å². The summed E-state index contributed by atoms with van der Waals surface area (Å²) in [6.07, 6.45) is 1.85. The Morgan fingerprint density at radius 2 is 1.66 bits per heavy atom. The van der Waals surface area contributed by atoms with Crippen LogP contribution in [0.4, 0.5) is 0 Å². The number of nitrogens with zero attached hydrogens (tertiary/aromatic N) is 1. The van der Waals surface area contributed by atoms with Crippen LogP contribution in [0.15, 0.2) is 83.8 Å². The molecule has 6 nitrogen and oxygen atoms in total. The molecule has 1 heterocycles. The molecule has 1 N–H and O–H groups in total. The Morgan fingerprint density at radius 1 is 0.976 bits per heavy atom. The third kappa shape index (κ3) is 6.18. The van der Waals surface area contributed by atoms with E-state index in [2.05, 4.69) is 0 Å². The van der Waals surface area contributed by atoms with Crippen LogP contribution < -0.4 is 0 Å². The van der Waals surface area contributed by atoms with Crippen molar-refractivity contribution in [3.63, 3.8) is 0 Å². The molecule has 1 aliphatic carbocycles. The van der Waals surface area contributed by atoms with Gasteiger partial charge in [-0.3, -0.25) is 9.59 Å². The maximum absolute atomic E-state index is 14.7. The Bertz CT molecular complexity index is 1530. The Kier molecular flexibility index (Phi) is 8.51. The second-order valence-corrected chi connectivity index (χ2v) is 14.2. The van der Waals surface area contributed by atoms with Crippen molar-refractivity contribution in [3.8, 4) is 0 Å². The van der Waals surface area contributed by atoms with Crippen LogP contribution in [-0.2, 0) is 19.4 Å². The molecule has 216 valence electrons. The first kappa shape index (κ1) is 29.6. The van der Waals surface area contributed by atoms with Crippen molar-refractivity contribution in [2.45, 2.75) is 61.9 Å². The van der Waals surface area contributed by atoms with Crippen LogP contribution in [0.1, 0.15) is 62.1 Å². The Hall–Kier alpha value is -2.87. The van der Waals surface area contributed by atoms with Gasteiger partial charge in [0.15, 0.2) is 9.84 Å². The van der Waals surface area contributed by atoms with Gasteiger partial charge in [0.1, 0.15) is 0 Å². The van der Waals surface area contributed by atoms with E-state index in [9.17, 15) is 23.1 Å². The fraction of sp³-hybridized carbons (Fsp3) is 0.375. The molecule has 9 heteroatoms. The average Bonchev–Trinajstić information content (AvgIpc) is 3.79.